The smallest absolute Gasteiger partial charge is 0.108 e. The van der Waals surface area contributed by atoms with Crippen LogP contribution in [-0.2, 0) is 4.74 Å². The number of nitrogens with zero attached hydrogens (tertiary/aromatic N) is 1. The summed E-state index contributed by atoms with van der Waals surface area (Å²) in [6.45, 7) is 25.2. The number of hydrogen-bond acceptors (Lipinski definition) is 3. The molecule has 0 aromatic heterocycles. The second-order valence-electron chi connectivity index (χ2n) is 7.24. The van der Waals surface area contributed by atoms with Gasteiger partial charge in [-0.1, -0.05) is 60.1 Å². The first-order chi connectivity index (χ1) is 11.6. The minimum atomic E-state index is -0.233. The van der Waals surface area contributed by atoms with Crippen LogP contribution in [-0.4, -0.2) is 36.8 Å². The third-order valence-corrected chi connectivity index (χ3v) is 5.03. The van der Waals surface area contributed by atoms with E-state index in [1.54, 1.807) is 13.2 Å². The number of aliphatic hydroxyl groups excluding tert-OH is 1. The van der Waals surface area contributed by atoms with Crippen LogP contribution in [0.5, 0.6) is 0 Å². The number of aliphatic hydroxyl groups is 1. The summed E-state index contributed by atoms with van der Waals surface area (Å²) < 4.78 is 5.19. The summed E-state index contributed by atoms with van der Waals surface area (Å²) in [5, 5.41) is 10.3. The Labute approximate surface area is 155 Å². The second kappa shape index (κ2) is 10.3. The quantitative estimate of drug-likeness (QED) is 0.366. The molecule has 0 radical (unpaired) electrons. The number of likely N-dealkylation sites (N-methyl/N-ethyl adjacent to an activating group) is 1. The van der Waals surface area contributed by atoms with Crippen molar-refractivity contribution in [3.05, 3.63) is 61.1 Å². The van der Waals surface area contributed by atoms with Gasteiger partial charge in [-0.25, -0.2) is 0 Å². The van der Waals surface area contributed by atoms with Crippen molar-refractivity contribution in [3.8, 4) is 0 Å². The van der Waals surface area contributed by atoms with Crippen LogP contribution in [0.25, 0.3) is 0 Å². The van der Waals surface area contributed by atoms with Gasteiger partial charge in [-0.2, -0.15) is 0 Å². The van der Waals surface area contributed by atoms with Crippen LogP contribution >= 0.6 is 0 Å². The number of ether oxygens (including phenoxy) is 1. The lowest BCUT2D eigenvalue weighted by molar-refractivity contribution is 0.140. The molecule has 0 aromatic carbocycles. The van der Waals surface area contributed by atoms with E-state index in [2.05, 4.69) is 58.9 Å². The number of rotatable bonds is 12. The number of allylic oxidation sites excluding steroid dienone is 4. The van der Waals surface area contributed by atoms with Gasteiger partial charge < -0.3 is 14.7 Å². The van der Waals surface area contributed by atoms with Gasteiger partial charge in [0.05, 0.1) is 6.04 Å². The van der Waals surface area contributed by atoms with Crippen molar-refractivity contribution in [1.82, 2.24) is 4.90 Å². The molecule has 0 bridgehead atoms. The van der Waals surface area contributed by atoms with Gasteiger partial charge in [0.25, 0.3) is 0 Å². The normalized spacial score (nSPS) is 15.0. The van der Waals surface area contributed by atoms with E-state index in [-0.39, 0.29) is 23.1 Å². The monoisotopic (exact) mass is 347 g/mol. The lowest BCUT2D eigenvalue weighted by Crippen LogP contribution is -2.39. The zero-order chi connectivity index (χ0) is 19.8. The number of hydrogen-bond donors (Lipinski definition) is 1. The number of methoxy groups -OCH3 is 1. The van der Waals surface area contributed by atoms with E-state index in [4.69, 9.17) is 4.74 Å². The van der Waals surface area contributed by atoms with E-state index in [1.807, 2.05) is 13.1 Å². The van der Waals surface area contributed by atoms with E-state index < -0.39 is 0 Å². The minimum Gasteiger partial charge on any atom is -0.511 e. The first kappa shape index (κ1) is 23.3. The predicted octanol–water partition coefficient (Wildman–Crippen LogP) is 5.65. The Balaban J connectivity index is 6.22. The first-order valence-electron chi connectivity index (χ1n) is 8.87. The molecule has 0 spiro atoms. The molecular formula is C22H37NO2. The third-order valence-electron chi connectivity index (χ3n) is 5.03. The van der Waals surface area contributed by atoms with E-state index in [9.17, 15) is 5.11 Å². The molecule has 2 unspecified atom stereocenters. The summed E-state index contributed by atoms with van der Waals surface area (Å²) in [6, 6.07) is -0.233. The maximum Gasteiger partial charge on any atom is 0.108 e. The lowest BCUT2D eigenvalue weighted by atomic mass is 9.76. The van der Waals surface area contributed by atoms with Crippen molar-refractivity contribution < 1.29 is 9.84 Å². The zero-order valence-electron chi connectivity index (χ0n) is 17.1. The van der Waals surface area contributed by atoms with Gasteiger partial charge >= 0.3 is 0 Å². The molecule has 0 heterocycles. The van der Waals surface area contributed by atoms with Crippen molar-refractivity contribution >= 4 is 0 Å². The maximum absolute atomic E-state index is 10.3. The summed E-state index contributed by atoms with van der Waals surface area (Å²) >= 11 is 0. The van der Waals surface area contributed by atoms with Crippen molar-refractivity contribution in [2.75, 3.05) is 20.8 Å². The lowest BCUT2D eigenvalue weighted by Gasteiger charge is -2.39. The fraction of sp³-hybridized carbons (Fsp3) is 0.545. The van der Waals surface area contributed by atoms with E-state index >= 15 is 0 Å². The van der Waals surface area contributed by atoms with Crippen LogP contribution in [0.15, 0.2) is 61.1 Å². The summed E-state index contributed by atoms with van der Waals surface area (Å²) in [4.78, 5) is 2.05. The molecule has 0 fully saturated rings. The van der Waals surface area contributed by atoms with E-state index in [1.165, 1.54) is 0 Å². The summed E-state index contributed by atoms with van der Waals surface area (Å²) in [5.74, 6) is 0.309. The Hall–Kier alpha value is -1.74. The highest BCUT2D eigenvalue weighted by Crippen LogP contribution is 2.39. The molecule has 0 amide bonds. The molecular weight excluding hydrogens is 310 g/mol. The molecule has 142 valence electrons. The molecule has 3 heteroatoms. The van der Waals surface area contributed by atoms with Gasteiger partial charge in [-0.05, 0) is 41.4 Å². The molecule has 0 rings (SSSR count). The van der Waals surface area contributed by atoms with Crippen LogP contribution in [0.1, 0.15) is 40.5 Å². The largest absolute Gasteiger partial charge is 0.511 e. The van der Waals surface area contributed by atoms with Gasteiger partial charge in [0.2, 0.25) is 0 Å². The van der Waals surface area contributed by atoms with Gasteiger partial charge in [-0.15, -0.1) is 0 Å². The zero-order valence-corrected chi connectivity index (χ0v) is 17.1. The fourth-order valence-corrected chi connectivity index (χ4v) is 3.19. The molecule has 0 saturated heterocycles. The molecule has 0 aliphatic rings. The van der Waals surface area contributed by atoms with Crippen LogP contribution in [0, 0.1) is 11.3 Å². The highest BCUT2D eigenvalue weighted by molar-refractivity contribution is 5.46. The van der Waals surface area contributed by atoms with Crippen molar-refractivity contribution in [2.24, 2.45) is 11.3 Å². The Bertz CT molecular complexity index is 528. The topological polar surface area (TPSA) is 32.7 Å². The van der Waals surface area contributed by atoms with Crippen LogP contribution < -0.4 is 0 Å². The summed E-state index contributed by atoms with van der Waals surface area (Å²) in [7, 11) is 3.65. The van der Waals surface area contributed by atoms with Crippen molar-refractivity contribution in [1.29, 1.82) is 0 Å². The summed E-state index contributed by atoms with van der Waals surface area (Å²) in [6.07, 6.45) is 5.39. The molecule has 0 saturated carbocycles. The SMILES string of the molecule is C=CC(=C)/C(=C(/C=C)N(C)C(C(=C)O)C(C)CCOC)C(C)(C)CC. The highest BCUT2D eigenvalue weighted by Gasteiger charge is 2.31. The predicted molar refractivity (Wildman–Crippen MR) is 110 cm³/mol. The van der Waals surface area contributed by atoms with Gasteiger partial charge in [0, 0.05) is 26.5 Å². The van der Waals surface area contributed by atoms with Crippen LogP contribution in [0.3, 0.4) is 0 Å². The van der Waals surface area contributed by atoms with Gasteiger partial charge in [0.15, 0.2) is 0 Å². The van der Waals surface area contributed by atoms with Crippen molar-refractivity contribution in [3.63, 3.8) is 0 Å². The first-order valence-corrected chi connectivity index (χ1v) is 8.87. The fourth-order valence-electron chi connectivity index (χ4n) is 3.19. The highest BCUT2D eigenvalue weighted by atomic mass is 16.5. The van der Waals surface area contributed by atoms with Crippen molar-refractivity contribution in [2.45, 2.75) is 46.6 Å². The molecule has 0 aliphatic carbocycles. The Morgan fingerprint density at radius 1 is 1.24 bits per heavy atom. The van der Waals surface area contributed by atoms with Gasteiger partial charge in [-0.3, -0.25) is 0 Å². The molecule has 0 aromatic rings. The average molecular weight is 348 g/mol. The Morgan fingerprint density at radius 2 is 1.80 bits per heavy atom. The minimum absolute atomic E-state index is 0.0971. The maximum atomic E-state index is 10.3. The molecule has 25 heavy (non-hydrogen) atoms. The van der Waals surface area contributed by atoms with E-state index in [0.717, 1.165) is 29.7 Å². The average Bonchev–Trinajstić information content (AvgIpc) is 2.56. The van der Waals surface area contributed by atoms with E-state index in [0.29, 0.717) is 6.61 Å². The summed E-state index contributed by atoms with van der Waals surface area (Å²) in [5.41, 5.74) is 2.81. The third kappa shape index (κ3) is 5.93. The molecule has 2 atom stereocenters. The van der Waals surface area contributed by atoms with Gasteiger partial charge in [0.1, 0.15) is 5.76 Å². The Kier molecular flexibility index (Phi) is 9.58. The van der Waals surface area contributed by atoms with Crippen LogP contribution in [0.2, 0.25) is 0 Å². The molecule has 3 nitrogen and oxygen atoms in total. The molecule has 1 N–H and O–H groups in total. The standard InChI is InChI=1S/C22H37NO2/c1-11-16(4)20(22(7,8)13-3)19(12-2)23(9)21(18(6)24)17(5)14-15-25-10/h11-12,17,21,24H,1-2,4,6,13-15H2,3,5,7-10H3/b20-19+. The molecule has 0 aliphatic heterocycles. The Morgan fingerprint density at radius 3 is 2.16 bits per heavy atom. The van der Waals surface area contributed by atoms with Crippen LogP contribution in [0.4, 0.5) is 0 Å². The second-order valence-corrected chi connectivity index (χ2v) is 7.24.